The SMILES string of the molecule is O=C(CN(C(=O)C1CCCCC1)C1CCCCC1)N(Cc1ccccc1)Cc1cccs1. The van der Waals surface area contributed by atoms with Crippen molar-refractivity contribution in [3.05, 3.63) is 58.3 Å². The van der Waals surface area contributed by atoms with Gasteiger partial charge in [-0.15, -0.1) is 11.3 Å². The molecule has 2 saturated carbocycles. The van der Waals surface area contributed by atoms with Crippen LogP contribution in [0.15, 0.2) is 47.8 Å². The van der Waals surface area contributed by atoms with E-state index in [-0.39, 0.29) is 30.3 Å². The third kappa shape index (κ3) is 6.22. The van der Waals surface area contributed by atoms with E-state index in [4.69, 9.17) is 0 Å². The van der Waals surface area contributed by atoms with Crippen molar-refractivity contribution in [1.82, 2.24) is 9.80 Å². The van der Waals surface area contributed by atoms with Crippen LogP contribution in [0, 0.1) is 5.92 Å². The summed E-state index contributed by atoms with van der Waals surface area (Å²) in [5.74, 6) is 0.413. The first-order chi connectivity index (χ1) is 15.7. The van der Waals surface area contributed by atoms with Crippen molar-refractivity contribution in [3.8, 4) is 0 Å². The van der Waals surface area contributed by atoms with Crippen molar-refractivity contribution in [1.29, 1.82) is 0 Å². The Balaban J connectivity index is 1.51. The van der Waals surface area contributed by atoms with Crippen molar-refractivity contribution in [2.45, 2.75) is 83.3 Å². The Morgan fingerprint density at radius 1 is 0.812 bits per heavy atom. The molecule has 172 valence electrons. The van der Waals surface area contributed by atoms with Crippen molar-refractivity contribution in [3.63, 3.8) is 0 Å². The lowest BCUT2D eigenvalue weighted by molar-refractivity contribution is -0.147. The lowest BCUT2D eigenvalue weighted by Gasteiger charge is -2.38. The summed E-state index contributed by atoms with van der Waals surface area (Å²) in [7, 11) is 0. The van der Waals surface area contributed by atoms with Gasteiger partial charge in [0.15, 0.2) is 0 Å². The van der Waals surface area contributed by atoms with Crippen molar-refractivity contribution in [2.75, 3.05) is 6.54 Å². The molecule has 2 aromatic rings. The summed E-state index contributed by atoms with van der Waals surface area (Å²) in [6, 6.07) is 14.5. The van der Waals surface area contributed by atoms with Crippen LogP contribution in [0.4, 0.5) is 0 Å². The maximum absolute atomic E-state index is 13.7. The second kappa shape index (κ2) is 11.6. The summed E-state index contributed by atoms with van der Waals surface area (Å²) in [5, 5.41) is 2.06. The molecule has 4 nitrogen and oxygen atoms in total. The fourth-order valence-corrected chi connectivity index (χ4v) is 5.96. The van der Waals surface area contributed by atoms with Gasteiger partial charge in [-0.2, -0.15) is 0 Å². The minimum absolute atomic E-state index is 0.0667. The predicted molar refractivity (Wildman–Crippen MR) is 130 cm³/mol. The third-order valence-corrected chi connectivity index (χ3v) is 7.92. The number of amides is 2. The van der Waals surface area contributed by atoms with Gasteiger partial charge in [-0.1, -0.05) is 74.9 Å². The summed E-state index contributed by atoms with van der Waals surface area (Å²) in [5.41, 5.74) is 1.13. The van der Waals surface area contributed by atoms with Crippen LogP contribution in [0.25, 0.3) is 0 Å². The highest BCUT2D eigenvalue weighted by molar-refractivity contribution is 7.09. The maximum Gasteiger partial charge on any atom is 0.242 e. The molecule has 5 heteroatoms. The highest BCUT2D eigenvalue weighted by Gasteiger charge is 2.33. The Kier molecular flexibility index (Phi) is 8.38. The Labute approximate surface area is 196 Å². The largest absolute Gasteiger partial charge is 0.332 e. The number of carbonyl (C=O) groups excluding carboxylic acids is 2. The average molecular weight is 453 g/mol. The quantitative estimate of drug-likeness (QED) is 0.491. The van der Waals surface area contributed by atoms with Crippen molar-refractivity contribution >= 4 is 23.2 Å². The molecule has 0 radical (unpaired) electrons. The molecule has 4 rings (SSSR count). The van der Waals surface area contributed by atoms with Gasteiger partial charge in [-0.3, -0.25) is 9.59 Å². The van der Waals surface area contributed by atoms with E-state index < -0.39 is 0 Å². The summed E-state index contributed by atoms with van der Waals surface area (Å²) in [4.78, 5) is 32.3. The highest BCUT2D eigenvalue weighted by Crippen LogP contribution is 2.30. The van der Waals surface area contributed by atoms with Crippen LogP contribution in [0.2, 0.25) is 0 Å². The fraction of sp³-hybridized carbons (Fsp3) is 0.556. The molecule has 0 aliphatic heterocycles. The van der Waals surface area contributed by atoms with Crippen LogP contribution >= 0.6 is 11.3 Å². The first-order valence-corrected chi connectivity index (χ1v) is 13.2. The zero-order chi connectivity index (χ0) is 22.2. The second-order valence-electron chi connectivity index (χ2n) is 9.41. The monoisotopic (exact) mass is 452 g/mol. The van der Waals surface area contributed by atoms with Crippen LogP contribution in [0.5, 0.6) is 0 Å². The van der Waals surface area contributed by atoms with Gasteiger partial charge in [0.2, 0.25) is 11.8 Å². The topological polar surface area (TPSA) is 40.6 Å². The average Bonchev–Trinajstić information content (AvgIpc) is 3.36. The van der Waals surface area contributed by atoms with Crippen LogP contribution in [-0.4, -0.2) is 34.2 Å². The molecule has 0 atom stereocenters. The Morgan fingerprint density at radius 2 is 1.50 bits per heavy atom. The zero-order valence-electron chi connectivity index (χ0n) is 19.1. The first kappa shape index (κ1) is 23.0. The van der Waals surface area contributed by atoms with Gasteiger partial charge in [0.25, 0.3) is 0 Å². The van der Waals surface area contributed by atoms with Gasteiger partial charge in [-0.25, -0.2) is 0 Å². The number of nitrogens with zero attached hydrogens (tertiary/aromatic N) is 2. The second-order valence-corrected chi connectivity index (χ2v) is 10.4. The fourth-order valence-electron chi connectivity index (χ4n) is 5.24. The predicted octanol–water partition coefficient (Wildman–Crippen LogP) is 6.02. The lowest BCUT2D eigenvalue weighted by atomic mass is 9.86. The van der Waals surface area contributed by atoms with Gasteiger partial charge < -0.3 is 9.80 Å². The molecule has 1 aromatic carbocycles. The smallest absolute Gasteiger partial charge is 0.242 e. The molecular formula is C27H36N2O2S. The van der Waals surface area contributed by atoms with Gasteiger partial charge in [0.1, 0.15) is 6.54 Å². The van der Waals surface area contributed by atoms with E-state index in [1.807, 2.05) is 34.1 Å². The number of hydrogen-bond donors (Lipinski definition) is 0. The van der Waals surface area contributed by atoms with Crippen LogP contribution in [0.1, 0.15) is 74.6 Å². The highest BCUT2D eigenvalue weighted by atomic mass is 32.1. The Hall–Kier alpha value is -2.14. The molecule has 0 bridgehead atoms. The third-order valence-electron chi connectivity index (χ3n) is 7.05. The number of rotatable bonds is 8. The number of hydrogen-bond acceptors (Lipinski definition) is 3. The summed E-state index contributed by atoms with van der Waals surface area (Å²) in [6.45, 7) is 1.40. The van der Waals surface area contributed by atoms with Gasteiger partial charge in [0, 0.05) is 23.4 Å². The van der Waals surface area contributed by atoms with Gasteiger partial charge >= 0.3 is 0 Å². The van der Waals surface area contributed by atoms with E-state index in [0.29, 0.717) is 13.1 Å². The molecule has 0 spiro atoms. The number of thiophene rings is 1. The van der Waals surface area contributed by atoms with Gasteiger partial charge in [0.05, 0.1) is 6.54 Å². The van der Waals surface area contributed by atoms with E-state index in [1.54, 1.807) is 11.3 Å². The molecule has 1 heterocycles. The van der Waals surface area contributed by atoms with Crippen molar-refractivity contribution < 1.29 is 9.59 Å². The normalized spacial score (nSPS) is 17.8. The van der Waals surface area contributed by atoms with Crippen LogP contribution < -0.4 is 0 Å². The van der Waals surface area contributed by atoms with E-state index in [9.17, 15) is 9.59 Å². The van der Waals surface area contributed by atoms with E-state index in [2.05, 4.69) is 23.6 Å². The molecular weight excluding hydrogens is 416 g/mol. The zero-order valence-corrected chi connectivity index (χ0v) is 19.9. The molecule has 2 fully saturated rings. The standard InChI is InChI=1S/C27H36N2O2S/c30-26(28(20-25-17-10-18-32-25)19-22-11-4-1-5-12-22)21-29(24-15-8-3-9-16-24)27(31)23-13-6-2-7-14-23/h1,4-5,10-12,17-18,23-24H,2-3,6-9,13-16,19-21H2. The first-order valence-electron chi connectivity index (χ1n) is 12.4. The summed E-state index contributed by atoms with van der Waals surface area (Å²) in [6.07, 6.45) is 11.1. The molecule has 32 heavy (non-hydrogen) atoms. The number of benzene rings is 1. The maximum atomic E-state index is 13.7. The van der Waals surface area contributed by atoms with Crippen molar-refractivity contribution in [2.24, 2.45) is 5.92 Å². The Bertz CT molecular complexity index is 840. The summed E-state index contributed by atoms with van der Waals surface area (Å²) < 4.78 is 0. The molecule has 0 N–H and O–H groups in total. The molecule has 2 aliphatic rings. The molecule has 2 amide bonds. The minimum Gasteiger partial charge on any atom is -0.332 e. The lowest BCUT2D eigenvalue weighted by Crippen LogP contribution is -2.50. The number of carbonyl (C=O) groups is 2. The van der Waals surface area contributed by atoms with Crippen LogP contribution in [0.3, 0.4) is 0 Å². The van der Waals surface area contributed by atoms with E-state index >= 15 is 0 Å². The van der Waals surface area contributed by atoms with E-state index in [0.717, 1.165) is 56.9 Å². The molecule has 1 aromatic heterocycles. The molecule has 0 saturated heterocycles. The van der Waals surface area contributed by atoms with E-state index in [1.165, 1.54) is 17.7 Å². The molecule has 2 aliphatic carbocycles. The molecule has 0 unspecified atom stereocenters. The van der Waals surface area contributed by atoms with Crippen LogP contribution in [-0.2, 0) is 22.7 Å². The Morgan fingerprint density at radius 3 is 2.16 bits per heavy atom. The minimum atomic E-state index is 0.0667. The summed E-state index contributed by atoms with van der Waals surface area (Å²) >= 11 is 1.68. The van der Waals surface area contributed by atoms with Gasteiger partial charge in [-0.05, 0) is 42.7 Å².